The molecular weight excluding hydrogens is 501 g/mol. The number of benzene rings is 2. The summed E-state index contributed by atoms with van der Waals surface area (Å²) in [5, 5.41) is 9.64. The third-order valence-corrected chi connectivity index (χ3v) is 9.05. The summed E-state index contributed by atoms with van der Waals surface area (Å²) in [5.74, 6) is -1.44. The van der Waals surface area contributed by atoms with Crippen molar-refractivity contribution in [3.05, 3.63) is 54.3 Å². The van der Waals surface area contributed by atoms with Crippen LogP contribution in [0.2, 0.25) is 0 Å². The van der Waals surface area contributed by atoms with Crippen LogP contribution in [0.3, 0.4) is 0 Å². The molecular formula is C27H36FNO5S2. The SMILES string of the molecule is CCCCC1CN(c2ccccc2)c2cc(SC)c(O/C=C(/C(=O)O)C(C)(C)C)cc2S(O)(O)C1F. The topological polar surface area (TPSA) is 90.2 Å². The van der Waals surface area contributed by atoms with Gasteiger partial charge in [-0.1, -0.05) is 58.7 Å². The number of alkyl halides is 1. The Morgan fingerprint density at radius 2 is 1.92 bits per heavy atom. The van der Waals surface area contributed by atoms with E-state index < -0.39 is 33.4 Å². The van der Waals surface area contributed by atoms with Crippen LogP contribution < -0.4 is 9.64 Å². The smallest absolute Gasteiger partial charge is 0.335 e. The van der Waals surface area contributed by atoms with E-state index in [4.69, 9.17) is 4.74 Å². The van der Waals surface area contributed by atoms with Crippen molar-refractivity contribution in [2.24, 2.45) is 11.3 Å². The van der Waals surface area contributed by atoms with E-state index in [1.165, 1.54) is 24.1 Å². The van der Waals surface area contributed by atoms with Crippen molar-refractivity contribution >= 4 is 39.7 Å². The highest BCUT2D eigenvalue weighted by Crippen LogP contribution is 2.63. The zero-order chi connectivity index (χ0) is 26.7. The standard InChI is InChI=1S/C27H36FNO5S2/c1-6-7-11-18-16-29(19-12-9-8-10-13-19)21-14-23(35-5)22(15-24(21)36(32,33)25(18)28)34-17-20(26(30)31)27(2,3)4/h8-10,12-15,17-18,25,32-33H,6-7,11,16H2,1-5H3,(H,30,31)/b20-17-. The Hall–Kier alpha value is -2.20. The zero-order valence-corrected chi connectivity index (χ0v) is 23.0. The fraction of sp³-hybridized carbons (Fsp3) is 0.444. The first-order valence-corrected chi connectivity index (χ1v) is 14.8. The summed E-state index contributed by atoms with van der Waals surface area (Å²) in [5.41, 5.74) is -1.13. The Labute approximate surface area is 218 Å². The Morgan fingerprint density at radius 1 is 1.25 bits per heavy atom. The van der Waals surface area contributed by atoms with Gasteiger partial charge in [0, 0.05) is 24.2 Å². The van der Waals surface area contributed by atoms with Crippen molar-refractivity contribution in [3.8, 4) is 5.75 Å². The van der Waals surface area contributed by atoms with E-state index in [1.807, 2.05) is 48.4 Å². The number of halogens is 1. The molecule has 0 fully saturated rings. The Balaban J connectivity index is 2.20. The molecule has 198 valence electrons. The molecule has 0 radical (unpaired) electrons. The van der Waals surface area contributed by atoms with Crippen molar-refractivity contribution in [2.45, 2.75) is 62.3 Å². The van der Waals surface area contributed by atoms with Crippen molar-refractivity contribution in [2.75, 3.05) is 17.7 Å². The predicted octanol–water partition coefficient (Wildman–Crippen LogP) is 8.17. The molecule has 0 bridgehead atoms. The van der Waals surface area contributed by atoms with Gasteiger partial charge in [-0.2, -0.15) is 0 Å². The second-order valence-corrected chi connectivity index (χ2v) is 12.9. The van der Waals surface area contributed by atoms with E-state index in [0.29, 0.717) is 23.5 Å². The number of aliphatic carboxylic acids is 1. The molecule has 0 spiro atoms. The van der Waals surface area contributed by atoms with E-state index in [-0.39, 0.29) is 16.2 Å². The third-order valence-electron chi connectivity index (χ3n) is 6.30. The highest BCUT2D eigenvalue weighted by atomic mass is 32.3. The number of rotatable bonds is 8. The Morgan fingerprint density at radius 3 is 2.47 bits per heavy atom. The van der Waals surface area contributed by atoms with Crippen LogP contribution in [-0.4, -0.2) is 38.5 Å². The lowest BCUT2D eigenvalue weighted by atomic mass is 9.87. The minimum Gasteiger partial charge on any atom is -0.478 e. The molecule has 2 unspecified atom stereocenters. The molecule has 1 aliphatic rings. The molecule has 0 saturated heterocycles. The van der Waals surface area contributed by atoms with E-state index in [2.05, 4.69) is 0 Å². The first-order chi connectivity index (χ1) is 16.9. The average Bonchev–Trinajstić information content (AvgIpc) is 2.90. The van der Waals surface area contributed by atoms with Crippen LogP contribution in [-0.2, 0) is 4.79 Å². The molecule has 0 aliphatic carbocycles. The number of hydrogen-bond acceptors (Lipinski definition) is 6. The van der Waals surface area contributed by atoms with Gasteiger partial charge in [-0.3, -0.25) is 9.11 Å². The number of anilines is 2. The molecule has 2 atom stereocenters. The summed E-state index contributed by atoms with van der Waals surface area (Å²) in [6.07, 6.45) is 5.21. The van der Waals surface area contributed by atoms with Gasteiger partial charge in [0.05, 0.1) is 21.1 Å². The number of para-hydroxylation sites is 1. The average molecular weight is 538 g/mol. The zero-order valence-electron chi connectivity index (χ0n) is 21.4. The summed E-state index contributed by atoms with van der Waals surface area (Å²) in [7, 11) is -3.84. The largest absolute Gasteiger partial charge is 0.478 e. The number of nitrogens with zero attached hydrogens (tertiary/aromatic N) is 1. The molecule has 0 amide bonds. The molecule has 2 aromatic rings. The molecule has 3 N–H and O–H groups in total. The lowest BCUT2D eigenvalue weighted by Crippen LogP contribution is -2.30. The highest BCUT2D eigenvalue weighted by Gasteiger charge is 2.42. The van der Waals surface area contributed by atoms with E-state index in [1.54, 1.807) is 26.8 Å². The Bertz CT molecular complexity index is 1100. The summed E-state index contributed by atoms with van der Waals surface area (Å²) < 4.78 is 44.2. The lowest BCUT2D eigenvalue weighted by Gasteiger charge is -2.37. The molecule has 9 heteroatoms. The van der Waals surface area contributed by atoms with Gasteiger partial charge < -0.3 is 14.7 Å². The van der Waals surface area contributed by atoms with Gasteiger partial charge >= 0.3 is 5.97 Å². The summed E-state index contributed by atoms with van der Waals surface area (Å²) in [4.78, 5) is 14.5. The highest BCUT2D eigenvalue weighted by molar-refractivity contribution is 8.24. The van der Waals surface area contributed by atoms with Crippen LogP contribution in [0.4, 0.5) is 15.8 Å². The maximum absolute atomic E-state index is 15.8. The quantitative estimate of drug-likeness (QED) is 0.178. The first-order valence-electron chi connectivity index (χ1n) is 12.0. The normalized spacial score (nSPS) is 20.9. The van der Waals surface area contributed by atoms with Gasteiger partial charge in [-0.05, 0) is 36.3 Å². The van der Waals surface area contributed by atoms with Crippen LogP contribution in [0, 0.1) is 11.3 Å². The van der Waals surface area contributed by atoms with Gasteiger partial charge in [-0.15, -0.1) is 22.4 Å². The van der Waals surface area contributed by atoms with Gasteiger partial charge in [0.15, 0.2) is 5.50 Å². The lowest BCUT2D eigenvalue weighted by molar-refractivity contribution is -0.133. The number of ether oxygens (including phenoxy) is 1. The monoisotopic (exact) mass is 537 g/mol. The minimum absolute atomic E-state index is 0.0602. The van der Waals surface area contributed by atoms with Crippen molar-refractivity contribution < 1.29 is 28.1 Å². The maximum atomic E-state index is 15.8. The number of carbonyl (C=O) groups is 1. The molecule has 2 aromatic carbocycles. The molecule has 0 saturated carbocycles. The number of carboxylic acid groups (broad SMARTS) is 1. The van der Waals surface area contributed by atoms with Crippen LogP contribution >= 0.6 is 22.4 Å². The van der Waals surface area contributed by atoms with Gasteiger partial charge in [0.25, 0.3) is 0 Å². The summed E-state index contributed by atoms with van der Waals surface area (Å²) >= 11 is 1.38. The molecule has 3 rings (SSSR count). The predicted molar refractivity (Wildman–Crippen MR) is 146 cm³/mol. The molecule has 36 heavy (non-hydrogen) atoms. The number of unbranched alkanes of at least 4 members (excludes halogenated alkanes) is 1. The van der Waals surface area contributed by atoms with Crippen molar-refractivity contribution in [1.82, 2.24) is 0 Å². The van der Waals surface area contributed by atoms with Gasteiger partial charge in [0.1, 0.15) is 12.0 Å². The second-order valence-electron chi connectivity index (χ2n) is 9.97. The number of hydrogen-bond donors (Lipinski definition) is 3. The maximum Gasteiger partial charge on any atom is 0.335 e. The van der Waals surface area contributed by atoms with Crippen LogP contribution in [0.15, 0.2) is 64.1 Å². The molecule has 0 aromatic heterocycles. The third kappa shape index (κ3) is 6.02. The second kappa shape index (κ2) is 11.5. The van der Waals surface area contributed by atoms with Crippen LogP contribution in [0.25, 0.3) is 0 Å². The van der Waals surface area contributed by atoms with Gasteiger partial charge in [-0.25, -0.2) is 9.18 Å². The van der Waals surface area contributed by atoms with E-state index in [0.717, 1.165) is 18.5 Å². The molecule has 1 heterocycles. The first kappa shape index (κ1) is 28.4. The van der Waals surface area contributed by atoms with Gasteiger partial charge in [0.2, 0.25) is 0 Å². The van der Waals surface area contributed by atoms with Crippen LogP contribution in [0.5, 0.6) is 5.75 Å². The number of carboxylic acids is 1. The number of fused-ring (bicyclic) bond motifs is 1. The fourth-order valence-corrected chi connectivity index (χ4v) is 6.55. The van der Waals surface area contributed by atoms with E-state index in [9.17, 15) is 19.0 Å². The Kier molecular flexibility index (Phi) is 9.03. The molecule has 6 nitrogen and oxygen atoms in total. The van der Waals surface area contributed by atoms with Crippen molar-refractivity contribution in [1.29, 1.82) is 0 Å². The summed E-state index contributed by atoms with van der Waals surface area (Å²) in [6.45, 7) is 7.62. The fourth-order valence-electron chi connectivity index (χ4n) is 4.25. The molecule has 1 aliphatic heterocycles. The number of thioether (sulfide) groups is 1. The minimum atomic E-state index is -3.84. The van der Waals surface area contributed by atoms with E-state index >= 15 is 4.39 Å². The summed E-state index contributed by atoms with van der Waals surface area (Å²) in [6, 6.07) is 12.7. The van der Waals surface area contributed by atoms with Crippen LogP contribution in [0.1, 0.15) is 47.0 Å². The van der Waals surface area contributed by atoms with Crippen molar-refractivity contribution in [3.63, 3.8) is 0 Å².